The van der Waals surface area contributed by atoms with Crippen molar-refractivity contribution in [1.82, 2.24) is 5.32 Å². The zero-order chi connectivity index (χ0) is 12.1. The van der Waals surface area contributed by atoms with Crippen LogP contribution in [0.2, 0.25) is 0 Å². The van der Waals surface area contributed by atoms with Gasteiger partial charge in [0.15, 0.2) is 0 Å². The molecule has 4 atom stereocenters. The zero-order valence-electron chi connectivity index (χ0n) is 10.8. The molecule has 2 saturated carbocycles. The fourth-order valence-corrected chi connectivity index (χ4v) is 3.29. The first-order valence-electron chi connectivity index (χ1n) is 7.35. The van der Waals surface area contributed by atoms with Gasteiger partial charge in [-0.25, -0.2) is 0 Å². The van der Waals surface area contributed by atoms with Gasteiger partial charge in [-0.1, -0.05) is 25.7 Å². The second-order valence-electron chi connectivity index (χ2n) is 5.91. The molecule has 0 aromatic rings. The lowest BCUT2D eigenvalue weighted by Crippen LogP contribution is -2.42. The van der Waals surface area contributed by atoms with Crippen molar-refractivity contribution in [2.75, 3.05) is 6.54 Å². The van der Waals surface area contributed by atoms with E-state index >= 15 is 0 Å². The molecule has 17 heavy (non-hydrogen) atoms. The highest BCUT2D eigenvalue weighted by atomic mass is 16.3. The van der Waals surface area contributed by atoms with Crippen LogP contribution in [0.25, 0.3) is 0 Å². The number of rotatable bonds is 3. The summed E-state index contributed by atoms with van der Waals surface area (Å²) in [7, 11) is 0. The minimum Gasteiger partial charge on any atom is -0.393 e. The van der Waals surface area contributed by atoms with Crippen molar-refractivity contribution in [2.45, 2.75) is 76.0 Å². The second kappa shape index (κ2) is 6.72. The summed E-state index contributed by atoms with van der Waals surface area (Å²) in [6.07, 6.45) is 9.77. The Morgan fingerprint density at radius 2 is 1.71 bits per heavy atom. The van der Waals surface area contributed by atoms with Crippen molar-refractivity contribution in [3.63, 3.8) is 0 Å². The van der Waals surface area contributed by atoms with Crippen LogP contribution in [0.3, 0.4) is 0 Å². The van der Waals surface area contributed by atoms with Gasteiger partial charge in [0.05, 0.1) is 12.2 Å². The van der Waals surface area contributed by atoms with E-state index in [2.05, 4.69) is 5.32 Å². The highest BCUT2D eigenvalue weighted by molar-refractivity contribution is 4.81. The van der Waals surface area contributed by atoms with Gasteiger partial charge in [-0.05, 0) is 44.6 Å². The highest BCUT2D eigenvalue weighted by Gasteiger charge is 2.24. The lowest BCUT2D eigenvalue weighted by atomic mass is 9.87. The third-order valence-corrected chi connectivity index (χ3v) is 4.40. The summed E-state index contributed by atoms with van der Waals surface area (Å²) < 4.78 is 0. The quantitative estimate of drug-likeness (QED) is 0.661. The number of hydrogen-bond acceptors (Lipinski definition) is 3. The summed E-state index contributed by atoms with van der Waals surface area (Å²) in [5, 5.41) is 23.2. The Kier molecular flexibility index (Phi) is 5.26. The summed E-state index contributed by atoms with van der Waals surface area (Å²) in [4.78, 5) is 0. The van der Waals surface area contributed by atoms with Gasteiger partial charge in [0.25, 0.3) is 0 Å². The number of aliphatic hydroxyl groups excluding tert-OH is 2. The molecule has 100 valence electrons. The van der Waals surface area contributed by atoms with Crippen molar-refractivity contribution >= 4 is 0 Å². The molecule has 3 N–H and O–H groups in total. The predicted molar refractivity (Wildman–Crippen MR) is 68.8 cm³/mol. The van der Waals surface area contributed by atoms with Gasteiger partial charge in [0.2, 0.25) is 0 Å². The van der Waals surface area contributed by atoms with Gasteiger partial charge >= 0.3 is 0 Å². The Labute approximate surface area is 105 Å². The second-order valence-corrected chi connectivity index (χ2v) is 5.91. The highest BCUT2D eigenvalue weighted by Crippen LogP contribution is 2.24. The normalized spacial score (nSPS) is 39.9. The van der Waals surface area contributed by atoms with Gasteiger partial charge in [-0.3, -0.25) is 0 Å². The lowest BCUT2D eigenvalue weighted by Gasteiger charge is -2.29. The molecule has 0 saturated heterocycles. The zero-order valence-corrected chi connectivity index (χ0v) is 10.8. The summed E-state index contributed by atoms with van der Waals surface area (Å²) in [6, 6.07) is 0.288. The van der Waals surface area contributed by atoms with Gasteiger partial charge < -0.3 is 15.5 Å². The standard InChI is InChI=1S/C14H27NO2/c16-12-6-4-5-11(9-12)10-15-13-7-2-1-3-8-14(13)17/h11-17H,1-10H2. The Bertz CT molecular complexity index is 222. The molecule has 2 fully saturated rings. The summed E-state index contributed by atoms with van der Waals surface area (Å²) in [6.45, 7) is 0.971. The maximum atomic E-state index is 10.0. The minimum atomic E-state index is -0.161. The van der Waals surface area contributed by atoms with E-state index in [0.29, 0.717) is 5.92 Å². The first-order chi connectivity index (χ1) is 8.25. The monoisotopic (exact) mass is 241 g/mol. The SMILES string of the molecule is OC1CCCC(CNC2CCCCCC2O)C1. The van der Waals surface area contributed by atoms with Crippen molar-refractivity contribution in [3.8, 4) is 0 Å². The lowest BCUT2D eigenvalue weighted by molar-refractivity contribution is 0.0890. The van der Waals surface area contributed by atoms with Crippen LogP contribution in [0.1, 0.15) is 57.8 Å². The first kappa shape index (κ1) is 13.3. The van der Waals surface area contributed by atoms with Crippen LogP contribution in [0.4, 0.5) is 0 Å². The fraction of sp³-hybridized carbons (Fsp3) is 1.00. The molecule has 0 amide bonds. The van der Waals surface area contributed by atoms with E-state index in [0.717, 1.165) is 38.6 Å². The van der Waals surface area contributed by atoms with Gasteiger partial charge in [0, 0.05) is 6.04 Å². The summed E-state index contributed by atoms with van der Waals surface area (Å²) in [5.41, 5.74) is 0. The summed E-state index contributed by atoms with van der Waals surface area (Å²) in [5.74, 6) is 0.606. The average molecular weight is 241 g/mol. The Morgan fingerprint density at radius 3 is 2.53 bits per heavy atom. The molecule has 0 aliphatic heterocycles. The fourth-order valence-electron chi connectivity index (χ4n) is 3.29. The maximum Gasteiger partial charge on any atom is 0.0693 e. The minimum absolute atomic E-state index is 0.0883. The molecule has 2 rings (SSSR count). The Balaban J connectivity index is 1.72. The average Bonchev–Trinajstić information content (AvgIpc) is 2.52. The van der Waals surface area contributed by atoms with Crippen molar-refractivity contribution in [2.24, 2.45) is 5.92 Å². The Hall–Kier alpha value is -0.120. The molecule has 0 spiro atoms. The van der Waals surface area contributed by atoms with Crippen LogP contribution < -0.4 is 5.32 Å². The molecule has 0 aromatic heterocycles. The first-order valence-corrected chi connectivity index (χ1v) is 7.35. The van der Waals surface area contributed by atoms with E-state index < -0.39 is 0 Å². The molecule has 2 aliphatic rings. The summed E-state index contributed by atoms with van der Waals surface area (Å²) >= 11 is 0. The van der Waals surface area contributed by atoms with E-state index in [9.17, 15) is 10.2 Å². The van der Waals surface area contributed by atoms with Crippen LogP contribution in [0, 0.1) is 5.92 Å². The molecule has 0 heterocycles. The maximum absolute atomic E-state index is 10.0. The van der Waals surface area contributed by atoms with Crippen LogP contribution in [0.5, 0.6) is 0 Å². The van der Waals surface area contributed by atoms with Crippen molar-refractivity contribution < 1.29 is 10.2 Å². The third-order valence-electron chi connectivity index (χ3n) is 4.40. The molecule has 2 aliphatic carbocycles. The van der Waals surface area contributed by atoms with E-state index in [4.69, 9.17) is 0 Å². The molecule has 3 heteroatoms. The smallest absolute Gasteiger partial charge is 0.0693 e. The Morgan fingerprint density at radius 1 is 0.882 bits per heavy atom. The molecule has 0 bridgehead atoms. The van der Waals surface area contributed by atoms with Crippen molar-refractivity contribution in [3.05, 3.63) is 0 Å². The molecule has 0 aromatic carbocycles. The number of hydrogen-bond donors (Lipinski definition) is 3. The van der Waals surface area contributed by atoms with E-state index in [-0.39, 0.29) is 18.2 Å². The van der Waals surface area contributed by atoms with Gasteiger partial charge in [-0.15, -0.1) is 0 Å². The molecular weight excluding hydrogens is 214 g/mol. The van der Waals surface area contributed by atoms with Crippen LogP contribution in [-0.4, -0.2) is 35.0 Å². The molecule has 0 radical (unpaired) electrons. The topological polar surface area (TPSA) is 52.5 Å². The van der Waals surface area contributed by atoms with E-state index in [1.54, 1.807) is 0 Å². The van der Waals surface area contributed by atoms with Crippen LogP contribution in [-0.2, 0) is 0 Å². The van der Waals surface area contributed by atoms with Crippen molar-refractivity contribution in [1.29, 1.82) is 0 Å². The van der Waals surface area contributed by atoms with Gasteiger partial charge in [0.1, 0.15) is 0 Å². The molecular formula is C14H27NO2. The largest absolute Gasteiger partial charge is 0.393 e. The predicted octanol–water partition coefficient (Wildman–Crippen LogP) is 1.82. The van der Waals surface area contributed by atoms with E-state index in [1.807, 2.05) is 0 Å². The number of aliphatic hydroxyl groups is 2. The van der Waals surface area contributed by atoms with E-state index in [1.165, 1.54) is 25.7 Å². The van der Waals surface area contributed by atoms with Crippen LogP contribution in [0.15, 0.2) is 0 Å². The van der Waals surface area contributed by atoms with Crippen LogP contribution >= 0.6 is 0 Å². The number of nitrogens with one attached hydrogen (secondary N) is 1. The molecule has 4 unspecified atom stereocenters. The van der Waals surface area contributed by atoms with Gasteiger partial charge in [-0.2, -0.15) is 0 Å². The molecule has 3 nitrogen and oxygen atoms in total. The third kappa shape index (κ3) is 4.23.